The standard InChI is InChI=1S/C20H25N5O3S/c1-13-16(24-12-23-13)11-29-7-6-21-20-22-10-15(19(26)25-20)8-14-4-5-17(27-2)18(9-14)28-3/h4-5,9-10,12H,6-8,11H2,1-3H3,(H,23,24)(H2,21,22,25,26). The normalized spacial score (nSPS) is 10.7. The summed E-state index contributed by atoms with van der Waals surface area (Å²) >= 11 is 1.77. The zero-order valence-electron chi connectivity index (χ0n) is 16.7. The third-order valence-corrected chi connectivity index (χ3v) is 5.40. The zero-order valence-corrected chi connectivity index (χ0v) is 17.6. The molecule has 0 fully saturated rings. The minimum absolute atomic E-state index is 0.155. The average molecular weight is 416 g/mol. The maximum Gasteiger partial charge on any atom is 0.255 e. The molecule has 2 heterocycles. The number of ether oxygens (including phenoxy) is 2. The smallest absolute Gasteiger partial charge is 0.255 e. The van der Waals surface area contributed by atoms with E-state index in [0.717, 1.165) is 28.5 Å². The Morgan fingerprint density at radius 2 is 2.00 bits per heavy atom. The number of H-pyrrole nitrogens is 2. The van der Waals surface area contributed by atoms with Crippen molar-refractivity contribution < 1.29 is 9.47 Å². The van der Waals surface area contributed by atoms with Crippen LogP contribution >= 0.6 is 11.8 Å². The Morgan fingerprint density at radius 3 is 2.69 bits per heavy atom. The number of nitrogens with zero attached hydrogens (tertiary/aromatic N) is 2. The number of nitrogens with one attached hydrogen (secondary N) is 3. The number of aryl methyl sites for hydroxylation is 1. The zero-order chi connectivity index (χ0) is 20.6. The summed E-state index contributed by atoms with van der Waals surface area (Å²) in [7, 11) is 3.18. The number of hydrogen-bond donors (Lipinski definition) is 3. The van der Waals surface area contributed by atoms with Gasteiger partial charge in [0.25, 0.3) is 5.56 Å². The highest BCUT2D eigenvalue weighted by Gasteiger charge is 2.08. The predicted octanol–water partition coefficient (Wildman–Crippen LogP) is 2.75. The van der Waals surface area contributed by atoms with Gasteiger partial charge in [-0.15, -0.1) is 0 Å². The minimum Gasteiger partial charge on any atom is -0.493 e. The van der Waals surface area contributed by atoms with Crippen LogP contribution in [0.15, 0.2) is 35.5 Å². The summed E-state index contributed by atoms with van der Waals surface area (Å²) < 4.78 is 10.6. The second kappa shape index (κ2) is 10.0. The van der Waals surface area contributed by atoms with Crippen molar-refractivity contribution in [2.45, 2.75) is 19.1 Å². The molecule has 8 nitrogen and oxygen atoms in total. The molecule has 0 radical (unpaired) electrons. The van der Waals surface area contributed by atoms with Gasteiger partial charge in [-0.05, 0) is 24.6 Å². The highest BCUT2D eigenvalue weighted by Crippen LogP contribution is 2.28. The van der Waals surface area contributed by atoms with E-state index in [0.29, 0.717) is 36.0 Å². The van der Waals surface area contributed by atoms with Gasteiger partial charge in [0.15, 0.2) is 11.5 Å². The third-order valence-electron chi connectivity index (χ3n) is 4.43. The van der Waals surface area contributed by atoms with E-state index in [-0.39, 0.29) is 5.56 Å². The van der Waals surface area contributed by atoms with Gasteiger partial charge in [0.05, 0.1) is 26.2 Å². The number of anilines is 1. The summed E-state index contributed by atoms with van der Waals surface area (Å²) in [6, 6.07) is 5.60. The summed E-state index contributed by atoms with van der Waals surface area (Å²) in [6.07, 6.45) is 3.78. The predicted molar refractivity (Wildman–Crippen MR) is 115 cm³/mol. The molecule has 29 heavy (non-hydrogen) atoms. The monoisotopic (exact) mass is 415 g/mol. The number of aromatic nitrogens is 4. The molecule has 0 unspecified atom stereocenters. The van der Waals surface area contributed by atoms with Crippen LogP contribution in [0.5, 0.6) is 11.5 Å². The summed E-state index contributed by atoms with van der Waals surface area (Å²) in [4.78, 5) is 26.9. The molecule has 3 rings (SSSR count). The molecular formula is C20H25N5O3S. The van der Waals surface area contributed by atoms with Crippen molar-refractivity contribution >= 4 is 17.7 Å². The van der Waals surface area contributed by atoms with Crippen molar-refractivity contribution in [2.75, 3.05) is 31.8 Å². The number of benzene rings is 1. The topological polar surface area (TPSA) is 105 Å². The average Bonchev–Trinajstić information content (AvgIpc) is 3.14. The minimum atomic E-state index is -0.155. The van der Waals surface area contributed by atoms with Gasteiger partial charge in [0.2, 0.25) is 5.95 Å². The van der Waals surface area contributed by atoms with E-state index in [1.54, 1.807) is 38.5 Å². The Kier molecular flexibility index (Phi) is 7.18. The van der Waals surface area contributed by atoms with Crippen molar-refractivity contribution in [3.8, 4) is 11.5 Å². The van der Waals surface area contributed by atoms with Gasteiger partial charge in [0, 0.05) is 41.9 Å². The van der Waals surface area contributed by atoms with Crippen LogP contribution in [0.25, 0.3) is 0 Å². The van der Waals surface area contributed by atoms with Crippen molar-refractivity contribution in [1.29, 1.82) is 0 Å². The first kappa shape index (κ1) is 20.8. The lowest BCUT2D eigenvalue weighted by Crippen LogP contribution is -2.18. The first-order valence-electron chi connectivity index (χ1n) is 9.20. The van der Waals surface area contributed by atoms with Gasteiger partial charge >= 0.3 is 0 Å². The van der Waals surface area contributed by atoms with Gasteiger partial charge < -0.3 is 19.8 Å². The van der Waals surface area contributed by atoms with Crippen LogP contribution in [0.3, 0.4) is 0 Å². The lowest BCUT2D eigenvalue weighted by Gasteiger charge is -2.10. The van der Waals surface area contributed by atoms with Crippen molar-refractivity contribution in [1.82, 2.24) is 19.9 Å². The van der Waals surface area contributed by atoms with E-state index in [1.807, 2.05) is 25.1 Å². The van der Waals surface area contributed by atoms with E-state index in [9.17, 15) is 4.79 Å². The Labute approximate surface area is 173 Å². The van der Waals surface area contributed by atoms with E-state index in [2.05, 4.69) is 25.3 Å². The molecule has 0 saturated carbocycles. The van der Waals surface area contributed by atoms with Crippen LogP contribution in [0.4, 0.5) is 5.95 Å². The van der Waals surface area contributed by atoms with Crippen molar-refractivity contribution in [2.24, 2.45) is 0 Å². The summed E-state index contributed by atoms with van der Waals surface area (Å²) in [5.74, 6) is 3.50. The van der Waals surface area contributed by atoms with Gasteiger partial charge in [-0.3, -0.25) is 9.78 Å². The summed E-state index contributed by atoms with van der Waals surface area (Å²) in [6.45, 7) is 2.71. The molecule has 9 heteroatoms. The highest BCUT2D eigenvalue weighted by molar-refractivity contribution is 7.98. The van der Waals surface area contributed by atoms with Crippen LogP contribution < -0.4 is 20.3 Å². The SMILES string of the molecule is COc1ccc(Cc2cnc(NCCSCc3nc[nH]c3C)[nH]c2=O)cc1OC. The summed E-state index contributed by atoms with van der Waals surface area (Å²) in [5.41, 5.74) is 3.55. The van der Waals surface area contributed by atoms with Crippen LogP contribution in [0.2, 0.25) is 0 Å². The molecule has 2 aromatic heterocycles. The van der Waals surface area contributed by atoms with Gasteiger partial charge in [0.1, 0.15) is 0 Å². The van der Waals surface area contributed by atoms with Crippen LogP contribution in [0, 0.1) is 6.92 Å². The van der Waals surface area contributed by atoms with Crippen molar-refractivity contribution in [3.05, 3.63) is 63.6 Å². The number of imidazole rings is 1. The molecule has 154 valence electrons. The van der Waals surface area contributed by atoms with Gasteiger partial charge in [-0.2, -0.15) is 11.8 Å². The lowest BCUT2D eigenvalue weighted by atomic mass is 10.1. The number of aromatic amines is 2. The molecule has 0 aliphatic rings. The maximum atomic E-state index is 12.4. The number of rotatable bonds is 10. The van der Waals surface area contributed by atoms with E-state index in [1.165, 1.54) is 0 Å². The van der Waals surface area contributed by atoms with Crippen LogP contribution in [-0.4, -0.2) is 46.5 Å². The Balaban J connectivity index is 1.52. The largest absolute Gasteiger partial charge is 0.493 e. The molecule has 1 aromatic carbocycles. The fourth-order valence-corrected chi connectivity index (χ4v) is 3.67. The Morgan fingerprint density at radius 1 is 1.17 bits per heavy atom. The molecule has 0 atom stereocenters. The molecule has 0 aliphatic carbocycles. The third kappa shape index (κ3) is 5.54. The maximum absolute atomic E-state index is 12.4. The van der Waals surface area contributed by atoms with Gasteiger partial charge in [-0.1, -0.05) is 6.07 Å². The Hall–Kier alpha value is -2.94. The lowest BCUT2D eigenvalue weighted by molar-refractivity contribution is 0.354. The molecule has 0 spiro atoms. The van der Waals surface area contributed by atoms with Crippen LogP contribution in [-0.2, 0) is 12.2 Å². The first-order valence-corrected chi connectivity index (χ1v) is 10.4. The van der Waals surface area contributed by atoms with E-state index >= 15 is 0 Å². The fraction of sp³-hybridized carbons (Fsp3) is 0.350. The molecule has 3 N–H and O–H groups in total. The van der Waals surface area contributed by atoms with Crippen LogP contribution in [0.1, 0.15) is 22.5 Å². The number of hydrogen-bond acceptors (Lipinski definition) is 7. The van der Waals surface area contributed by atoms with Crippen molar-refractivity contribution in [3.63, 3.8) is 0 Å². The molecule has 0 amide bonds. The molecular weight excluding hydrogens is 390 g/mol. The second-order valence-corrected chi connectivity index (χ2v) is 7.51. The molecule has 0 bridgehead atoms. The van der Waals surface area contributed by atoms with E-state index in [4.69, 9.17) is 9.47 Å². The quantitative estimate of drug-likeness (QED) is 0.437. The molecule has 3 aromatic rings. The summed E-state index contributed by atoms with van der Waals surface area (Å²) in [5, 5.41) is 3.15. The van der Waals surface area contributed by atoms with E-state index < -0.39 is 0 Å². The second-order valence-electron chi connectivity index (χ2n) is 6.41. The number of methoxy groups -OCH3 is 2. The highest BCUT2D eigenvalue weighted by atomic mass is 32.2. The number of thioether (sulfide) groups is 1. The Bertz CT molecular complexity index is 1000. The molecule has 0 aliphatic heterocycles. The molecule has 0 saturated heterocycles. The first-order chi connectivity index (χ1) is 14.1. The van der Waals surface area contributed by atoms with Gasteiger partial charge in [-0.25, -0.2) is 9.97 Å². The fourth-order valence-electron chi connectivity index (χ4n) is 2.79.